The molecular formula is C14H13N2O4PS. The second-order valence-corrected chi connectivity index (χ2v) is 7.35. The van der Waals surface area contributed by atoms with Crippen LogP contribution in [-0.4, -0.2) is 14.8 Å². The topological polar surface area (TPSA) is 110 Å². The lowest BCUT2D eigenvalue weighted by Gasteiger charge is -2.05. The maximum absolute atomic E-state index is 11.5. The minimum atomic E-state index is -4.44. The van der Waals surface area contributed by atoms with E-state index in [-0.39, 0.29) is 11.1 Å². The molecule has 0 aliphatic heterocycles. The van der Waals surface area contributed by atoms with Crippen molar-refractivity contribution in [3.05, 3.63) is 53.1 Å². The molecule has 0 atom stereocenters. The molecule has 3 rings (SSSR count). The fourth-order valence-electron chi connectivity index (χ4n) is 2.16. The standard InChI is InChI=1S/C14H13N2O4PS/c15-14-16-12(13-10(6-7-20-13)21(17,18)19)11(22-14)8-9-4-2-1-3-5-9/h1-7H,8H2,(H2,15,16)(H2,17,18,19). The predicted octanol–water partition coefficient (Wildman–Crippen LogP) is 2.38. The van der Waals surface area contributed by atoms with Crippen molar-refractivity contribution in [2.75, 3.05) is 5.73 Å². The van der Waals surface area contributed by atoms with E-state index >= 15 is 0 Å². The van der Waals surface area contributed by atoms with Crippen molar-refractivity contribution in [2.24, 2.45) is 0 Å². The van der Waals surface area contributed by atoms with E-state index in [4.69, 9.17) is 10.2 Å². The third-order valence-electron chi connectivity index (χ3n) is 3.09. The smallest absolute Gasteiger partial charge is 0.360 e. The summed E-state index contributed by atoms with van der Waals surface area (Å²) in [6, 6.07) is 11.0. The molecule has 1 aromatic carbocycles. The van der Waals surface area contributed by atoms with Crippen molar-refractivity contribution in [1.82, 2.24) is 4.98 Å². The Kier molecular flexibility index (Phi) is 3.88. The Labute approximate surface area is 130 Å². The van der Waals surface area contributed by atoms with Gasteiger partial charge in [0.2, 0.25) is 0 Å². The molecule has 0 spiro atoms. The highest BCUT2D eigenvalue weighted by Gasteiger charge is 2.28. The van der Waals surface area contributed by atoms with Gasteiger partial charge in [0.1, 0.15) is 11.0 Å². The van der Waals surface area contributed by atoms with Crippen molar-refractivity contribution in [3.8, 4) is 11.5 Å². The zero-order chi connectivity index (χ0) is 15.7. The van der Waals surface area contributed by atoms with Crippen molar-refractivity contribution < 1.29 is 18.8 Å². The Balaban J connectivity index is 2.06. The highest BCUT2D eigenvalue weighted by molar-refractivity contribution is 7.60. The number of thiazole rings is 1. The normalized spacial score (nSPS) is 11.7. The SMILES string of the molecule is Nc1nc(-c2occc2P(=O)(O)O)c(Cc2ccccc2)s1. The Morgan fingerprint density at radius 3 is 2.64 bits per heavy atom. The Morgan fingerprint density at radius 1 is 1.23 bits per heavy atom. The van der Waals surface area contributed by atoms with Gasteiger partial charge in [0.05, 0.1) is 6.26 Å². The van der Waals surface area contributed by atoms with Gasteiger partial charge in [-0.05, 0) is 11.6 Å². The van der Waals surface area contributed by atoms with Crippen LogP contribution in [-0.2, 0) is 11.0 Å². The number of nitrogens with two attached hydrogens (primary N) is 1. The lowest BCUT2D eigenvalue weighted by atomic mass is 10.1. The first-order valence-corrected chi connectivity index (χ1v) is 8.81. The molecule has 0 aliphatic carbocycles. The van der Waals surface area contributed by atoms with Gasteiger partial charge in [-0.2, -0.15) is 0 Å². The van der Waals surface area contributed by atoms with E-state index in [1.807, 2.05) is 30.3 Å². The van der Waals surface area contributed by atoms with Crippen LogP contribution in [0.25, 0.3) is 11.5 Å². The van der Waals surface area contributed by atoms with Gasteiger partial charge in [-0.3, -0.25) is 4.57 Å². The van der Waals surface area contributed by atoms with Crippen LogP contribution >= 0.6 is 18.9 Å². The van der Waals surface area contributed by atoms with Crippen LogP contribution in [0.5, 0.6) is 0 Å². The molecule has 2 aromatic heterocycles. The molecule has 6 nitrogen and oxygen atoms in total. The molecule has 0 aliphatic rings. The lowest BCUT2D eigenvalue weighted by Crippen LogP contribution is -2.05. The highest BCUT2D eigenvalue weighted by atomic mass is 32.1. The minimum absolute atomic E-state index is 0.0761. The maximum atomic E-state index is 11.5. The molecule has 0 amide bonds. The van der Waals surface area contributed by atoms with Crippen molar-refractivity contribution >= 4 is 29.4 Å². The molecule has 0 fully saturated rings. The van der Waals surface area contributed by atoms with Gasteiger partial charge in [-0.25, -0.2) is 4.98 Å². The summed E-state index contributed by atoms with van der Waals surface area (Å²) in [6.45, 7) is 0. The van der Waals surface area contributed by atoms with Crippen LogP contribution in [0, 0.1) is 0 Å². The molecule has 0 unspecified atom stereocenters. The number of anilines is 1. The summed E-state index contributed by atoms with van der Waals surface area (Å²) in [5, 5.41) is 0.154. The number of hydrogen-bond acceptors (Lipinski definition) is 5. The van der Waals surface area contributed by atoms with E-state index in [9.17, 15) is 14.4 Å². The third-order valence-corrected chi connectivity index (χ3v) is 4.96. The van der Waals surface area contributed by atoms with Crippen LogP contribution in [0.2, 0.25) is 0 Å². The first-order valence-electron chi connectivity index (χ1n) is 6.38. The maximum Gasteiger partial charge on any atom is 0.360 e. The first-order chi connectivity index (χ1) is 10.4. The summed E-state index contributed by atoms with van der Waals surface area (Å²) in [7, 11) is -4.44. The summed E-state index contributed by atoms with van der Waals surface area (Å²) >= 11 is 1.28. The summed E-state index contributed by atoms with van der Waals surface area (Å²) < 4.78 is 16.8. The van der Waals surface area contributed by atoms with Crippen LogP contribution < -0.4 is 11.0 Å². The fourth-order valence-corrected chi connectivity index (χ4v) is 3.70. The number of aromatic nitrogens is 1. The molecule has 0 saturated carbocycles. The van der Waals surface area contributed by atoms with Gasteiger partial charge >= 0.3 is 7.60 Å². The van der Waals surface area contributed by atoms with Crippen molar-refractivity contribution in [2.45, 2.75) is 6.42 Å². The molecule has 22 heavy (non-hydrogen) atoms. The van der Waals surface area contributed by atoms with Crippen molar-refractivity contribution in [3.63, 3.8) is 0 Å². The van der Waals surface area contributed by atoms with Gasteiger partial charge in [0.25, 0.3) is 0 Å². The molecule has 4 N–H and O–H groups in total. The molecule has 3 aromatic rings. The quantitative estimate of drug-likeness (QED) is 0.631. The molecule has 0 saturated heterocycles. The number of furan rings is 1. The second-order valence-electron chi connectivity index (χ2n) is 4.67. The van der Waals surface area contributed by atoms with E-state index in [0.29, 0.717) is 17.2 Å². The zero-order valence-electron chi connectivity index (χ0n) is 11.3. The summed E-state index contributed by atoms with van der Waals surface area (Å²) in [5.41, 5.74) is 7.21. The minimum Gasteiger partial charge on any atom is -0.462 e. The molecular weight excluding hydrogens is 323 g/mol. The number of rotatable bonds is 4. The number of nitrogen functional groups attached to an aromatic ring is 1. The molecule has 0 radical (unpaired) electrons. The van der Waals surface area contributed by atoms with E-state index in [2.05, 4.69) is 4.98 Å². The zero-order valence-corrected chi connectivity index (χ0v) is 13.1. The molecule has 2 heterocycles. The third kappa shape index (κ3) is 2.98. The van der Waals surface area contributed by atoms with Gasteiger partial charge in [-0.15, -0.1) is 11.3 Å². The van der Waals surface area contributed by atoms with Crippen LogP contribution in [0.1, 0.15) is 10.4 Å². The predicted molar refractivity (Wildman–Crippen MR) is 85.2 cm³/mol. The monoisotopic (exact) mass is 336 g/mol. The largest absolute Gasteiger partial charge is 0.462 e. The number of benzene rings is 1. The second kappa shape index (κ2) is 5.70. The van der Waals surface area contributed by atoms with Gasteiger partial charge in [0.15, 0.2) is 10.9 Å². The van der Waals surface area contributed by atoms with Crippen molar-refractivity contribution in [1.29, 1.82) is 0 Å². The Morgan fingerprint density at radius 2 is 1.95 bits per heavy atom. The lowest BCUT2D eigenvalue weighted by molar-refractivity contribution is 0.387. The van der Waals surface area contributed by atoms with E-state index in [0.717, 1.165) is 10.4 Å². The van der Waals surface area contributed by atoms with E-state index in [1.54, 1.807) is 0 Å². The summed E-state index contributed by atoms with van der Waals surface area (Å²) in [6.07, 6.45) is 1.80. The van der Waals surface area contributed by atoms with Crippen LogP contribution in [0.3, 0.4) is 0 Å². The highest BCUT2D eigenvalue weighted by Crippen LogP contribution is 2.40. The van der Waals surface area contributed by atoms with E-state index < -0.39 is 7.60 Å². The first kappa shape index (κ1) is 15.0. The van der Waals surface area contributed by atoms with Gasteiger partial charge < -0.3 is 19.9 Å². The van der Waals surface area contributed by atoms with Gasteiger partial charge in [-0.1, -0.05) is 30.3 Å². The average Bonchev–Trinajstić information content (AvgIpc) is 3.06. The molecule has 8 heteroatoms. The molecule has 114 valence electrons. The summed E-state index contributed by atoms with van der Waals surface area (Å²) in [5.74, 6) is 0.0761. The van der Waals surface area contributed by atoms with Crippen LogP contribution in [0.15, 0.2) is 47.1 Å². The Bertz CT molecular complexity index is 838. The van der Waals surface area contributed by atoms with E-state index in [1.165, 1.54) is 23.7 Å². The van der Waals surface area contributed by atoms with Gasteiger partial charge in [0, 0.05) is 11.3 Å². The van der Waals surface area contributed by atoms with Crippen LogP contribution in [0.4, 0.5) is 5.13 Å². The average molecular weight is 336 g/mol. The molecule has 0 bridgehead atoms. The fraction of sp³-hybridized carbons (Fsp3) is 0.0714. The summed E-state index contributed by atoms with van der Waals surface area (Å²) in [4.78, 5) is 23.8. The Hall–Kier alpha value is -1.92. The number of nitrogens with zero attached hydrogens (tertiary/aromatic N) is 1. The number of hydrogen-bond donors (Lipinski definition) is 3.